The Morgan fingerprint density at radius 2 is 2.04 bits per heavy atom. The molecule has 0 amide bonds. The molecule has 1 aliphatic heterocycles. The minimum absolute atomic E-state index is 0.0156. The van der Waals surface area contributed by atoms with Crippen LogP contribution in [0.15, 0.2) is 41.1 Å². The van der Waals surface area contributed by atoms with Crippen LogP contribution in [0.25, 0.3) is 0 Å². The van der Waals surface area contributed by atoms with Crippen molar-refractivity contribution >= 4 is 33.5 Å². The van der Waals surface area contributed by atoms with Crippen LogP contribution in [0.3, 0.4) is 0 Å². The Balaban J connectivity index is 1.68. The summed E-state index contributed by atoms with van der Waals surface area (Å²) in [4.78, 5) is 13.8. The van der Waals surface area contributed by atoms with Gasteiger partial charge in [0, 0.05) is 36.2 Å². The van der Waals surface area contributed by atoms with Crippen LogP contribution in [0.2, 0.25) is 5.02 Å². The van der Waals surface area contributed by atoms with Crippen LogP contribution < -0.4 is 0 Å². The quantitative estimate of drug-likeness (QED) is 0.841. The lowest BCUT2D eigenvalue weighted by Gasteiger charge is -2.16. The molecule has 23 heavy (non-hydrogen) atoms. The van der Waals surface area contributed by atoms with E-state index in [4.69, 9.17) is 11.6 Å². The third-order valence-electron chi connectivity index (χ3n) is 4.26. The molecule has 0 aliphatic carbocycles. The van der Waals surface area contributed by atoms with Gasteiger partial charge in [0.2, 0.25) is 0 Å². The molecule has 1 aromatic carbocycles. The van der Waals surface area contributed by atoms with Crippen molar-refractivity contribution in [2.45, 2.75) is 12.5 Å². The number of rotatable bonds is 5. The monoisotopic (exact) mass is 397 g/mol. The number of halogens is 2. The van der Waals surface area contributed by atoms with E-state index in [9.17, 15) is 9.90 Å². The van der Waals surface area contributed by atoms with Gasteiger partial charge in [-0.1, -0.05) is 39.7 Å². The van der Waals surface area contributed by atoms with Gasteiger partial charge in [-0.3, -0.25) is 14.4 Å². The van der Waals surface area contributed by atoms with Crippen molar-refractivity contribution in [1.29, 1.82) is 0 Å². The van der Waals surface area contributed by atoms with Crippen molar-refractivity contribution in [2.24, 2.45) is 5.92 Å². The average molecular weight is 399 g/mol. The molecule has 1 fully saturated rings. The molecule has 1 saturated heterocycles. The van der Waals surface area contributed by atoms with E-state index in [1.807, 2.05) is 24.3 Å². The third-order valence-corrected chi connectivity index (χ3v) is 4.98. The summed E-state index contributed by atoms with van der Waals surface area (Å²) in [6.07, 6.45) is 3.38. The molecule has 0 bridgehead atoms. The molecule has 2 aromatic rings. The Hall–Kier alpha value is -1.37. The first kappa shape index (κ1) is 16.5. The Morgan fingerprint density at radius 3 is 2.65 bits per heavy atom. The van der Waals surface area contributed by atoms with Crippen molar-refractivity contribution in [3.63, 3.8) is 0 Å². The van der Waals surface area contributed by atoms with E-state index in [1.165, 1.54) is 0 Å². The molecule has 2 atom stereocenters. The Bertz CT molecular complexity index is 689. The maximum atomic E-state index is 11.6. The molecule has 2 heterocycles. The highest BCUT2D eigenvalue weighted by Crippen LogP contribution is 2.33. The van der Waals surface area contributed by atoms with Gasteiger partial charge in [0.15, 0.2) is 0 Å². The van der Waals surface area contributed by atoms with Crippen LogP contribution >= 0.6 is 27.5 Å². The molecule has 0 spiro atoms. The number of nitrogens with zero attached hydrogens (tertiary/aromatic N) is 3. The van der Waals surface area contributed by atoms with Crippen LogP contribution in [0, 0.1) is 5.92 Å². The van der Waals surface area contributed by atoms with Gasteiger partial charge in [-0.2, -0.15) is 5.10 Å². The van der Waals surface area contributed by atoms with Crippen LogP contribution in [-0.2, 0) is 11.3 Å². The predicted molar refractivity (Wildman–Crippen MR) is 91.7 cm³/mol. The lowest BCUT2D eigenvalue weighted by atomic mass is 9.89. The van der Waals surface area contributed by atoms with Crippen molar-refractivity contribution < 1.29 is 9.90 Å². The Labute approximate surface area is 148 Å². The number of benzene rings is 1. The molecular formula is C16H17BrClN3O2. The largest absolute Gasteiger partial charge is 0.481 e. The summed E-state index contributed by atoms with van der Waals surface area (Å²) in [5, 5.41) is 14.3. The predicted octanol–water partition coefficient (Wildman–Crippen LogP) is 3.10. The number of aromatic nitrogens is 2. The normalized spacial score (nSPS) is 21.7. The number of carboxylic acids is 1. The molecule has 1 aromatic heterocycles. The second-order valence-corrected chi connectivity index (χ2v) is 7.14. The van der Waals surface area contributed by atoms with Crippen LogP contribution in [0.1, 0.15) is 11.5 Å². The zero-order chi connectivity index (χ0) is 16.4. The highest BCUT2D eigenvalue weighted by atomic mass is 79.9. The summed E-state index contributed by atoms with van der Waals surface area (Å²) in [6, 6.07) is 7.92. The number of hydrogen-bond donors (Lipinski definition) is 1. The fraction of sp³-hybridized carbons (Fsp3) is 0.375. The number of likely N-dealkylation sites (tertiary alicyclic amines) is 1. The van der Waals surface area contributed by atoms with E-state index in [0.29, 0.717) is 18.1 Å². The Morgan fingerprint density at radius 1 is 1.30 bits per heavy atom. The van der Waals surface area contributed by atoms with Crippen LogP contribution in [0.4, 0.5) is 0 Å². The molecule has 0 unspecified atom stereocenters. The van der Waals surface area contributed by atoms with E-state index in [2.05, 4.69) is 25.9 Å². The second-order valence-electron chi connectivity index (χ2n) is 5.78. The van der Waals surface area contributed by atoms with E-state index in [1.54, 1.807) is 17.1 Å². The fourth-order valence-corrected chi connectivity index (χ4v) is 3.49. The van der Waals surface area contributed by atoms with Gasteiger partial charge < -0.3 is 5.11 Å². The first-order chi connectivity index (χ1) is 11.0. The standard InChI is InChI=1S/C16H17BrClN3O2/c17-12-3-1-11(2-4-12)14-9-20(10-15(14)16(22)23)5-6-21-8-13(18)7-19-21/h1-4,7-8,14-15H,5-6,9-10H2,(H,22,23)/t14-,15+/m0/s1. The van der Waals surface area contributed by atoms with Gasteiger partial charge in [-0.05, 0) is 17.7 Å². The molecular weight excluding hydrogens is 382 g/mol. The molecule has 0 saturated carbocycles. The topological polar surface area (TPSA) is 58.4 Å². The van der Waals surface area contributed by atoms with Crippen LogP contribution in [-0.4, -0.2) is 45.4 Å². The second kappa shape index (κ2) is 7.03. The lowest BCUT2D eigenvalue weighted by molar-refractivity contribution is -0.141. The van der Waals surface area contributed by atoms with E-state index in [0.717, 1.165) is 23.1 Å². The van der Waals surface area contributed by atoms with Gasteiger partial charge in [-0.25, -0.2) is 0 Å². The van der Waals surface area contributed by atoms with E-state index >= 15 is 0 Å². The van der Waals surface area contributed by atoms with Gasteiger partial charge in [0.05, 0.1) is 23.7 Å². The average Bonchev–Trinajstić information content (AvgIpc) is 3.12. The van der Waals surface area contributed by atoms with E-state index < -0.39 is 5.97 Å². The highest BCUT2D eigenvalue weighted by molar-refractivity contribution is 9.10. The molecule has 1 N–H and O–H groups in total. The highest BCUT2D eigenvalue weighted by Gasteiger charge is 2.38. The SMILES string of the molecule is O=C(O)[C@@H]1CN(CCn2cc(Cl)cn2)C[C@H]1c1ccc(Br)cc1. The zero-order valence-corrected chi connectivity index (χ0v) is 14.7. The maximum Gasteiger partial charge on any atom is 0.308 e. The van der Waals surface area contributed by atoms with Gasteiger partial charge in [-0.15, -0.1) is 0 Å². The summed E-state index contributed by atoms with van der Waals surface area (Å²) in [7, 11) is 0. The third kappa shape index (κ3) is 3.94. The number of hydrogen-bond acceptors (Lipinski definition) is 3. The minimum atomic E-state index is -0.734. The summed E-state index contributed by atoms with van der Waals surface area (Å²) in [6.45, 7) is 2.76. The minimum Gasteiger partial charge on any atom is -0.481 e. The first-order valence-electron chi connectivity index (χ1n) is 7.41. The Kier molecular flexibility index (Phi) is 5.04. The van der Waals surface area contributed by atoms with Crippen molar-refractivity contribution in [3.05, 3.63) is 51.7 Å². The van der Waals surface area contributed by atoms with Crippen molar-refractivity contribution in [2.75, 3.05) is 19.6 Å². The number of carboxylic acid groups (broad SMARTS) is 1. The van der Waals surface area contributed by atoms with Crippen molar-refractivity contribution in [3.8, 4) is 0 Å². The molecule has 0 radical (unpaired) electrons. The smallest absolute Gasteiger partial charge is 0.308 e. The number of aliphatic carboxylic acids is 1. The van der Waals surface area contributed by atoms with Gasteiger partial charge in [0.1, 0.15) is 0 Å². The molecule has 5 nitrogen and oxygen atoms in total. The number of carbonyl (C=O) groups is 1. The fourth-order valence-electron chi connectivity index (χ4n) is 3.07. The first-order valence-corrected chi connectivity index (χ1v) is 8.58. The molecule has 122 valence electrons. The summed E-state index contributed by atoms with van der Waals surface area (Å²) >= 11 is 9.27. The molecule has 1 aliphatic rings. The zero-order valence-electron chi connectivity index (χ0n) is 12.4. The van der Waals surface area contributed by atoms with E-state index in [-0.39, 0.29) is 11.8 Å². The molecule has 7 heteroatoms. The van der Waals surface area contributed by atoms with Gasteiger partial charge >= 0.3 is 5.97 Å². The molecule has 3 rings (SSSR count). The lowest BCUT2D eigenvalue weighted by Crippen LogP contribution is -2.26. The van der Waals surface area contributed by atoms with Gasteiger partial charge in [0.25, 0.3) is 0 Å². The summed E-state index contributed by atoms with van der Waals surface area (Å²) in [5.41, 5.74) is 1.07. The summed E-state index contributed by atoms with van der Waals surface area (Å²) in [5.74, 6) is -1.10. The van der Waals surface area contributed by atoms with Crippen LogP contribution in [0.5, 0.6) is 0 Å². The maximum absolute atomic E-state index is 11.6. The summed E-state index contributed by atoms with van der Waals surface area (Å²) < 4.78 is 2.78. The van der Waals surface area contributed by atoms with Crippen molar-refractivity contribution in [1.82, 2.24) is 14.7 Å².